The number of rotatable bonds is 5. The summed E-state index contributed by atoms with van der Waals surface area (Å²) in [6.45, 7) is 8.98. The van der Waals surface area contributed by atoms with Crippen molar-refractivity contribution in [2.24, 2.45) is 17.8 Å². The van der Waals surface area contributed by atoms with E-state index in [1.165, 1.54) is 12.0 Å². The van der Waals surface area contributed by atoms with Gasteiger partial charge >= 0.3 is 0 Å². The van der Waals surface area contributed by atoms with Crippen molar-refractivity contribution in [2.75, 3.05) is 0 Å². The summed E-state index contributed by atoms with van der Waals surface area (Å²) in [5.41, 5.74) is 0.943. The molecule has 0 heterocycles. The first-order valence-electron chi connectivity index (χ1n) is 8.65. The molecule has 0 saturated heterocycles. The average molecular weight is 286 g/mol. The number of carbonyl (C=O) groups excluding carboxylic acids is 1. The third-order valence-corrected chi connectivity index (χ3v) is 5.97. The lowest BCUT2D eigenvalue weighted by Gasteiger charge is -2.38. The highest BCUT2D eigenvalue weighted by molar-refractivity contribution is 5.92. The minimum atomic E-state index is -0.272. The Bertz CT molecular complexity index is 458. The molecular weight excluding hydrogens is 256 g/mol. The Morgan fingerprint density at radius 3 is 2.19 bits per heavy atom. The molecule has 1 heteroatoms. The van der Waals surface area contributed by atoms with Gasteiger partial charge in [-0.1, -0.05) is 58.0 Å². The monoisotopic (exact) mass is 286 g/mol. The lowest BCUT2D eigenvalue weighted by atomic mass is 9.64. The molecule has 1 aromatic carbocycles. The van der Waals surface area contributed by atoms with E-state index in [9.17, 15) is 4.79 Å². The molecule has 0 aliphatic heterocycles. The summed E-state index contributed by atoms with van der Waals surface area (Å²) < 4.78 is 0. The molecule has 0 N–H and O–H groups in total. The van der Waals surface area contributed by atoms with Crippen LogP contribution in [0.15, 0.2) is 30.3 Å². The third kappa shape index (κ3) is 3.07. The molecule has 2 rings (SSSR count). The molecule has 0 bridgehead atoms. The van der Waals surface area contributed by atoms with Crippen LogP contribution in [0.25, 0.3) is 0 Å². The molecule has 21 heavy (non-hydrogen) atoms. The smallest absolute Gasteiger partial charge is 0.146 e. The molecular formula is C20H30O. The molecule has 0 aromatic heterocycles. The van der Waals surface area contributed by atoms with E-state index in [4.69, 9.17) is 0 Å². The second kappa shape index (κ2) is 6.77. The average Bonchev–Trinajstić information content (AvgIpc) is 2.52. The molecule has 1 aliphatic rings. The summed E-state index contributed by atoms with van der Waals surface area (Å²) in [7, 11) is 0. The Kier molecular flexibility index (Phi) is 5.24. The van der Waals surface area contributed by atoms with E-state index in [1.807, 2.05) is 6.07 Å². The lowest BCUT2D eigenvalue weighted by Crippen LogP contribution is -2.41. The van der Waals surface area contributed by atoms with Crippen LogP contribution >= 0.6 is 0 Å². The maximum atomic E-state index is 13.3. The molecule has 1 aromatic rings. The van der Waals surface area contributed by atoms with Gasteiger partial charge in [0.25, 0.3) is 0 Å². The third-order valence-electron chi connectivity index (χ3n) is 5.97. The van der Waals surface area contributed by atoms with Crippen LogP contribution in [-0.2, 0) is 10.2 Å². The first-order valence-corrected chi connectivity index (χ1v) is 8.65. The van der Waals surface area contributed by atoms with E-state index >= 15 is 0 Å². The van der Waals surface area contributed by atoms with Crippen molar-refractivity contribution in [1.82, 2.24) is 0 Å². The van der Waals surface area contributed by atoms with Crippen molar-refractivity contribution in [3.05, 3.63) is 35.9 Å². The summed E-state index contributed by atoms with van der Waals surface area (Å²) in [5.74, 6) is 2.20. The largest absolute Gasteiger partial charge is 0.298 e. The Morgan fingerprint density at radius 1 is 1.05 bits per heavy atom. The fourth-order valence-electron chi connectivity index (χ4n) is 4.08. The van der Waals surface area contributed by atoms with E-state index in [2.05, 4.69) is 52.0 Å². The van der Waals surface area contributed by atoms with Gasteiger partial charge in [-0.05, 0) is 49.5 Å². The van der Waals surface area contributed by atoms with E-state index in [-0.39, 0.29) is 11.3 Å². The molecule has 1 fully saturated rings. The van der Waals surface area contributed by atoms with Crippen LogP contribution in [0.3, 0.4) is 0 Å². The zero-order valence-corrected chi connectivity index (χ0v) is 14.1. The molecule has 0 spiro atoms. The van der Waals surface area contributed by atoms with Crippen molar-refractivity contribution in [2.45, 2.75) is 65.2 Å². The number of hydrogen-bond donors (Lipinski definition) is 0. The van der Waals surface area contributed by atoms with Crippen LogP contribution in [0.2, 0.25) is 0 Å². The van der Waals surface area contributed by atoms with Gasteiger partial charge in [0, 0.05) is 5.92 Å². The van der Waals surface area contributed by atoms with Crippen molar-refractivity contribution in [3.63, 3.8) is 0 Å². The van der Waals surface area contributed by atoms with Crippen LogP contribution in [0.4, 0.5) is 0 Å². The fraction of sp³-hybridized carbons (Fsp3) is 0.650. The molecule has 1 saturated carbocycles. The molecule has 116 valence electrons. The highest BCUT2D eigenvalue weighted by Gasteiger charge is 2.42. The molecule has 3 unspecified atom stereocenters. The van der Waals surface area contributed by atoms with Gasteiger partial charge in [-0.15, -0.1) is 0 Å². The Balaban J connectivity index is 2.28. The Labute approximate surface area is 130 Å². The summed E-state index contributed by atoms with van der Waals surface area (Å²) in [4.78, 5) is 13.3. The standard InChI is InChI=1S/C20H30O/c1-5-20(6-2,18-10-8-7-9-11-18)19(21)17-13-12-15(3)16(4)14-17/h7-11,15-17H,5-6,12-14H2,1-4H3. The minimum absolute atomic E-state index is 0.260. The summed E-state index contributed by atoms with van der Waals surface area (Å²) >= 11 is 0. The second-order valence-electron chi connectivity index (χ2n) is 6.98. The zero-order chi connectivity index (χ0) is 15.5. The summed E-state index contributed by atoms with van der Waals surface area (Å²) in [6, 6.07) is 10.4. The van der Waals surface area contributed by atoms with Crippen LogP contribution in [-0.4, -0.2) is 5.78 Å². The Morgan fingerprint density at radius 2 is 1.67 bits per heavy atom. The number of benzene rings is 1. The maximum Gasteiger partial charge on any atom is 0.146 e. The number of Topliss-reactive ketones (excluding diaryl/α,β-unsaturated/α-hetero) is 1. The molecule has 0 radical (unpaired) electrons. The van der Waals surface area contributed by atoms with Gasteiger partial charge in [0.1, 0.15) is 5.78 Å². The lowest BCUT2D eigenvalue weighted by molar-refractivity contribution is -0.130. The SMILES string of the molecule is CCC(CC)(C(=O)C1CCC(C)C(C)C1)c1ccccc1. The van der Waals surface area contributed by atoms with Gasteiger partial charge < -0.3 is 0 Å². The summed E-state index contributed by atoms with van der Waals surface area (Å²) in [6.07, 6.45) is 5.18. The molecule has 1 aliphatic carbocycles. The molecule has 3 atom stereocenters. The first kappa shape index (κ1) is 16.3. The van der Waals surface area contributed by atoms with Gasteiger partial charge in [0.05, 0.1) is 5.41 Å². The highest BCUT2D eigenvalue weighted by Crippen LogP contribution is 2.41. The van der Waals surface area contributed by atoms with Crippen molar-refractivity contribution in [1.29, 1.82) is 0 Å². The molecule has 0 amide bonds. The van der Waals surface area contributed by atoms with Crippen molar-refractivity contribution >= 4 is 5.78 Å². The zero-order valence-electron chi connectivity index (χ0n) is 14.1. The highest BCUT2D eigenvalue weighted by atomic mass is 16.1. The van der Waals surface area contributed by atoms with E-state index in [1.54, 1.807) is 0 Å². The molecule has 1 nitrogen and oxygen atoms in total. The van der Waals surface area contributed by atoms with Gasteiger partial charge in [-0.25, -0.2) is 0 Å². The predicted molar refractivity (Wildman–Crippen MR) is 89.4 cm³/mol. The number of ketones is 1. The van der Waals surface area contributed by atoms with Gasteiger partial charge in [-0.2, -0.15) is 0 Å². The van der Waals surface area contributed by atoms with E-state index in [0.717, 1.165) is 31.6 Å². The van der Waals surface area contributed by atoms with E-state index < -0.39 is 0 Å². The van der Waals surface area contributed by atoms with Crippen LogP contribution in [0.1, 0.15) is 65.4 Å². The number of carbonyl (C=O) groups is 1. The van der Waals surface area contributed by atoms with Gasteiger partial charge in [-0.3, -0.25) is 4.79 Å². The predicted octanol–water partition coefficient (Wildman–Crippen LogP) is 5.39. The first-order chi connectivity index (χ1) is 10.0. The number of hydrogen-bond acceptors (Lipinski definition) is 1. The minimum Gasteiger partial charge on any atom is -0.298 e. The van der Waals surface area contributed by atoms with Crippen LogP contribution in [0, 0.1) is 17.8 Å². The fourth-order valence-corrected chi connectivity index (χ4v) is 4.08. The quantitative estimate of drug-likeness (QED) is 0.709. The van der Waals surface area contributed by atoms with E-state index in [0.29, 0.717) is 11.7 Å². The summed E-state index contributed by atoms with van der Waals surface area (Å²) in [5, 5.41) is 0. The topological polar surface area (TPSA) is 17.1 Å². The second-order valence-corrected chi connectivity index (χ2v) is 6.98. The van der Waals surface area contributed by atoms with Crippen LogP contribution < -0.4 is 0 Å². The van der Waals surface area contributed by atoms with Gasteiger partial charge in [0.15, 0.2) is 0 Å². The van der Waals surface area contributed by atoms with Crippen molar-refractivity contribution < 1.29 is 4.79 Å². The Hall–Kier alpha value is -1.11. The maximum absolute atomic E-state index is 13.3. The normalized spacial score (nSPS) is 26.6. The van der Waals surface area contributed by atoms with Crippen LogP contribution in [0.5, 0.6) is 0 Å². The van der Waals surface area contributed by atoms with Crippen molar-refractivity contribution in [3.8, 4) is 0 Å². The van der Waals surface area contributed by atoms with Gasteiger partial charge in [0.2, 0.25) is 0 Å².